The van der Waals surface area contributed by atoms with Crippen LogP contribution in [0.25, 0.3) is 0 Å². The molecular weight excluding hydrogens is 232 g/mol. The Balaban J connectivity index is 2.10. The number of carbonyl (C=O) groups excluding carboxylic acids is 1. The summed E-state index contributed by atoms with van der Waals surface area (Å²) >= 11 is 1.35. The van der Waals surface area contributed by atoms with Crippen LogP contribution < -0.4 is 4.74 Å². The maximum atomic E-state index is 10.5. The van der Waals surface area contributed by atoms with Gasteiger partial charge in [0.2, 0.25) is 0 Å². The molecule has 17 heavy (non-hydrogen) atoms. The lowest BCUT2D eigenvalue weighted by Gasteiger charge is -2.06. The first kappa shape index (κ1) is 11.9. The van der Waals surface area contributed by atoms with Crippen molar-refractivity contribution in [3.63, 3.8) is 0 Å². The second-order valence-electron chi connectivity index (χ2n) is 4.10. The minimum Gasteiger partial charge on any atom is -0.447 e. The summed E-state index contributed by atoms with van der Waals surface area (Å²) in [6, 6.07) is 11.6. The van der Waals surface area contributed by atoms with Crippen molar-refractivity contribution in [3.05, 3.63) is 46.8 Å². The second-order valence-corrected chi connectivity index (χ2v) is 5.18. The number of benzene rings is 1. The van der Waals surface area contributed by atoms with Crippen LogP contribution in [0.5, 0.6) is 10.8 Å². The molecule has 0 aliphatic heterocycles. The van der Waals surface area contributed by atoms with Crippen molar-refractivity contribution in [1.29, 1.82) is 0 Å². The van der Waals surface area contributed by atoms with Crippen molar-refractivity contribution in [2.24, 2.45) is 0 Å². The molecule has 0 N–H and O–H groups in total. The van der Waals surface area contributed by atoms with Gasteiger partial charge in [0.1, 0.15) is 5.75 Å². The van der Waals surface area contributed by atoms with Gasteiger partial charge in [-0.05, 0) is 35.7 Å². The predicted octanol–water partition coefficient (Wildman–Crippen LogP) is 4.48. The summed E-state index contributed by atoms with van der Waals surface area (Å²) in [5.74, 6) is 1.32. The quantitative estimate of drug-likeness (QED) is 0.744. The van der Waals surface area contributed by atoms with Crippen LogP contribution in [-0.4, -0.2) is 6.29 Å². The molecule has 0 atom stereocenters. The Hall–Kier alpha value is -1.61. The van der Waals surface area contributed by atoms with Gasteiger partial charge in [-0.2, -0.15) is 0 Å². The molecule has 2 aromatic rings. The number of ether oxygens (including phenoxy) is 1. The number of rotatable bonds is 4. The smallest absolute Gasteiger partial charge is 0.181 e. The standard InChI is InChI=1S/C14H14O2S/c1-10(2)11-3-5-12(6-4-11)16-14-8-7-13(9-15)17-14/h3-10H,1-2H3. The molecule has 3 heteroatoms. The van der Waals surface area contributed by atoms with Gasteiger partial charge in [-0.25, -0.2) is 0 Å². The van der Waals surface area contributed by atoms with Crippen LogP contribution in [0.4, 0.5) is 0 Å². The van der Waals surface area contributed by atoms with Gasteiger partial charge in [-0.1, -0.05) is 37.3 Å². The van der Waals surface area contributed by atoms with E-state index < -0.39 is 0 Å². The molecule has 0 bridgehead atoms. The van der Waals surface area contributed by atoms with E-state index in [1.165, 1.54) is 16.9 Å². The first-order chi connectivity index (χ1) is 8.19. The van der Waals surface area contributed by atoms with Gasteiger partial charge in [0, 0.05) is 0 Å². The molecule has 0 radical (unpaired) electrons. The lowest BCUT2D eigenvalue weighted by atomic mass is 10.0. The number of aldehydes is 1. The Bertz CT molecular complexity index is 497. The average molecular weight is 246 g/mol. The fourth-order valence-corrected chi connectivity index (χ4v) is 2.18. The topological polar surface area (TPSA) is 26.3 Å². The minimum atomic E-state index is 0.521. The molecule has 1 heterocycles. The lowest BCUT2D eigenvalue weighted by molar-refractivity contribution is 0.112. The van der Waals surface area contributed by atoms with Gasteiger partial charge in [0.05, 0.1) is 4.88 Å². The zero-order valence-corrected chi connectivity index (χ0v) is 10.7. The summed E-state index contributed by atoms with van der Waals surface area (Å²) in [4.78, 5) is 11.2. The van der Waals surface area contributed by atoms with E-state index in [2.05, 4.69) is 26.0 Å². The second kappa shape index (κ2) is 5.15. The zero-order valence-electron chi connectivity index (χ0n) is 9.84. The summed E-state index contributed by atoms with van der Waals surface area (Å²) in [7, 11) is 0. The molecule has 0 amide bonds. The molecule has 88 valence electrons. The van der Waals surface area contributed by atoms with Crippen molar-refractivity contribution in [2.45, 2.75) is 19.8 Å². The minimum absolute atomic E-state index is 0.521. The molecule has 0 aliphatic carbocycles. The van der Waals surface area contributed by atoms with Gasteiger partial charge in [0.15, 0.2) is 11.3 Å². The molecule has 1 aromatic heterocycles. The van der Waals surface area contributed by atoms with E-state index in [0.29, 0.717) is 10.8 Å². The third-order valence-corrected chi connectivity index (χ3v) is 3.37. The monoisotopic (exact) mass is 246 g/mol. The molecule has 0 aliphatic rings. The highest BCUT2D eigenvalue weighted by Crippen LogP contribution is 2.29. The van der Waals surface area contributed by atoms with Gasteiger partial charge in [0.25, 0.3) is 0 Å². The Morgan fingerprint density at radius 3 is 2.35 bits per heavy atom. The van der Waals surface area contributed by atoms with Crippen LogP contribution in [0, 0.1) is 0 Å². The fourth-order valence-electron chi connectivity index (χ4n) is 1.49. The van der Waals surface area contributed by atoms with Crippen LogP contribution >= 0.6 is 11.3 Å². The Morgan fingerprint density at radius 2 is 1.82 bits per heavy atom. The molecule has 1 aromatic carbocycles. The first-order valence-corrected chi connectivity index (χ1v) is 6.33. The highest BCUT2D eigenvalue weighted by molar-refractivity contribution is 7.15. The summed E-state index contributed by atoms with van der Waals surface area (Å²) in [6.07, 6.45) is 0.833. The molecule has 0 saturated carbocycles. The number of hydrogen-bond donors (Lipinski definition) is 0. The van der Waals surface area contributed by atoms with Gasteiger partial charge in [-0.3, -0.25) is 4.79 Å². The van der Waals surface area contributed by atoms with E-state index in [0.717, 1.165) is 17.1 Å². The maximum Gasteiger partial charge on any atom is 0.181 e. The van der Waals surface area contributed by atoms with Crippen molar-refractivity contribution in [1.82, 2.24) is 0 Å². The Labute approximate surface area is 105 Å². The first-order valence-electron chi connectivity index (χ1n) is 5.52. The van der Waals surface area contributed by atoms with E-state index >= 15 is 0 Å². The normalized spacial score (nSPS) is 10.5. The van der Waals surface area contributed by atoms with Crippen LogP contribution in [0.3, 0.4) is 0 Å². The molecule has 0 saturated heterocycles. The number of thiophene rings is 1. The number of carbonyl (C=O) groups is 1. The van der Waals surface area contributed by atoms with Crippen molar-refractivity contribution < 1.29 is 9.53 Å². The molecule has 2 rings (SSSR count). The van der Waals surface area contributed by atoms with Crippen LogP contribution in [0.2, 0.25) is 0 Å². The van der Waals surface area contributed by atoms with Crippen LogP contribution in [-0.2, 0) is 0 Å². The van der Waals surface area contributed by atoms with Crippen LogP contribution in [0.1, 0.15) is 35.0 Å². The SMILES string of the molecule is CC(C)c1ccc(Oc2ccc(C=O)s2)cc1. The van der Waals surface area contributed by atoms with Gasteiger partial charge >= 0.3 is 0 Å². The van der Waals surface area contributed by atoms with Gasteiger partial charge in [-0.15, -0.1) is 0 Å². The fraction of sp³-hybridized carbons (Fsp3) is 0.214. The Kier molecular flexibility index (Phi) is 3.59. The maximum absolute atomic E-state index is 10.5. The van der Waals surface area contributed by atoms with Crippen molar-refractivity contribution in [3.8, 4) is 10.8 Å². The summed E-state index contributed by atoms with van der Waals surface area (Å²) in [6.45, 7) is 4.32. The largest absolute Gasteiger partial charge is 0.447 e. The third kappa shape index (κ3) is 2.94. The summed E-state index contributed by atoms with van der Waals surface area (Å²) in [5, 5.41) is 0.740. The van der Waals surface area contributed by atoms with Crippen molar-refractivity contribution >= 4 is 17.6 Å². The highest BCUT2D eigenvalue weighted by Gasteiger charge is 2.03. The number of hydrogen-bond acceptors (Lipinski definition) is 3. The third-order valence-electron chi connectivity index (χ3n) is 2.48. The molecule has 0 spiro atoms. The summed E-state index contributed by atoms with van der Waals surface area (Å²) in [5.41, 5.74) is 1.29. The lowest BCUT2D eigenvalue weighted by Crippen LogP contribution is -1.87. The molecule has 2 nitrogen and oxygen atoms in total. The van der Waals surface area contributed by atoms with E-state index in [1.54, 1.807) is 6.07 Å². The van der Waals surface area contributed by atoms with E-state index in [9.17, 15) is 4.79 Å². The van der Waals surface area contributed by atoms with Crippen molar-refractivity contribution in [2.75, 3.05) is 0 Å². The van der Waals surface area contributed by atoms with Crippen LogP contribution in [0.15, 0.2) is 36.4 Å². The van der Waals surface area contributed by atoms with E-state index in [-0.39, 0.29) is 0 Å². The summed E-state index contributed by atoms with van der Waals surface area (Å²) < 4.78 is 5.66. The zero-order chi connectivity index (χ0) is 12.3. The molecule has 0 unspecified atom stereocenters. The predicted molar refractivity (Wildman–Crippen MR) is 70.3 cm³/mol. The van der Waals surface area contributed by atoms with E-state index in [1.807, 2.05) is 18.2 Å². The molecule has 0 fully saturated rings. The highest BCUT2D eigenvalue weighted by atomic mass is 32.1. The average Bonchev–Trinajstić information content (AvgIpc) is 2.77. The van der Waals surface area contributed by atoms with Gasteiger partial charge < -0.3 is 4.74 Å². The van der Waals surface area contributed by atoms with E-state index in [4.69, 9.17) is 4.74 Å². The Morgan fingerprint density at radius 1 is 1.12 bits per heavy atom. The molecular formula is C14H14O2S.